The van der Waals surface area contributed by atoms with Gasteiger partial charge in [-0.2, -0.15) is 0 Å². The zero-order valence-corrected chi connectivity index (χ0v) is 18.2. The molecule has 0 unspecified atom stereocenters. The Labute approximate surface area is 188 Å². The highest BCUT2D eigenvalue weighted by Crippen LogP contribution is 2.30. The average Bonchev–Trinajstić information content (AvgIpc) is 2.80. The smallest absolute Gasteiger partial charge is 0.278 e. The van der Waals surface area contributed by atoms with Gasteiger partial charge in [0, 0.05) is 38.0 Å². The van der Waals surface area contributed by atoms with Crippen LogP contribution in [0.4, 0.5) is 8.78 Å². The summed E-state index contributed by atoms with van der Waals surface area (Å²) in [6, 6.07) is 2.93. The topological polar surface area (TPSA) is 104 Å². The summed E-state index contributed by atoms with van der Waals surface area (Å²) in [5.74, 6) is -3.80. The van der Waals surface area contributed by atoms with Crippen molar-refractivity contribution in [2.24, 2.45) is 0 Å². The molecule has 0 spiro atoms. The van der Waals surface area contributed by atoms with Crippen molar-refractivity contribution in [1.82, 2.24) is 14.9 Å². The Morgan fingerprint density at radius 3 is 2.70 bits per heavy atom. The number of nitrogens with zero attached hydrogens (tertiary/aromatic N) is 3. The van der Waals surface area contributed by atoms with Gasteiger partial charge in [-0.15, -0.1) is 0 Å². The first-order valence-corrected chi connectivity index (χ1v) is 10.6. The lowest BCUT2D eigenvalue weighted by Crippen LogP contribution is -2.65. The van der Waals surface area contributed by atoms with Crippen LogP contribution < -0.4 is 15.8 Å². The summed E-state index contributed by atoms with van der Waals surface area (Å²) in [4.78, 5) is 40.2. The second-order valence-corrected chi connectivity index (χ2v) is 7.96. The summed E-state index contributed by atoms with van der Waals surface area (Å²) in [6.45, 7) is 2.26. The normalized spacial score (nSPS) is 19.8. The van der Waals surface area contributed by atoms with E-state index in [1.165, 1.54) is 16.9 Å². The van der Waals surface area contributed by atoms with Crippen LogP contribution in [0.5, 0.6) is 5.75 Å². The molecule has 3 heterocycles. The third-order valence-corrected chi connectivity index (χ3v) is 6.12. The predicted molar refractivity (Wildman–Crippen MR) is 114 cm³/mol. The van der Waals surface area contributed by atoms with E-state index in [1.54, 1.807) is 23.9 Å². The summed E-state index contributed by atoms with van der Waals surface area (Å²) in [5.41, 5.74) is -1.62. The largest absolute Gasteiger partial charge is 0.502 e. The SMILES string of the molecule is CCN1C(=O)c2c(O)c(=O)c(C(=O)NCc3ccc(F)cc3F)cn2N2C[C@@H](OC)CC[C@@H]12. The van der Waals surface area contributed by atoms with Crippen molar-refractivity contribution < 1.29 is 28.2 Å². The number of pyridine rings is 1. The second kappa shape index (κ2) is 8.81. The number of benzene rings is 1. The number of carbonyl (C=O) groups excluding carboxylic acids is 2. The number of halogens is 2. The van der Waals surface area contributed by atoms with Gasteiger partial charge in [0.25, 0.3) is 11.8 Å². The molecule has 4 rings (SSSR count). The van der Waals surface area contributed by atoms with Crippen molar-refractivity contribution in [3.63, 3.8) is 0 Å². The molecule has 11 heteroatoms. The highest BCUT2D eigenvalue weighted by atomic mass is 19.1. The van der Waals surface area contributed by atoms with E-state index in [1.807, 2.05) is 0 Å². The molecule has 9 nitrogen and oxygen atoms in total. The van der Waals surface area contributed by atoms with Gasteiger partial charge in [0.05, 0.1) is 12.6 Å². The van der Waals surface area contributed by atoms with E-state index in [0.29, 0.717) is 25.6 Å². The first kappa shape index (κ1) is 22.7. The molecule has 0 radical (unpaired) electrons. The maximum atomic E-state index is 13.9. The van der Waals surface area contributed by atoms with Gasteiger partial charge >= 0.3 is 0 Å². The van der Waals surface area contributed by atoms with Crippen LogP contribution in [-0.2, 0) is 11.3 Å². The van der Waals surface area contributed by atoms with Gasteiger partial charge in [0.1, 0.15) is 23.4 Å². The number of hydrogen-bond acceptors (Lipinski definition) is 6. The van der Waals surface area contributed by atoms with Crippen molar-refractivity contribution in [2.45, 2.75) is 38.6 Å². The number of methoxy groups -OCH3 is 1. The maximum absolute atomic E-state index is 13.9. The van der Waals surface area contributed by atoms with Crippen LogP contribution in [0.25, 0.3) is 0 Å². The fraction of sp³-hybridized carbons (Fsp3) is 0.409. The Morgan fingerprint density at radius 2 is 2.03 bits per heavy atom. The molecule has 1 aromatic carbocycles. The van der Waals surface area contributed by atoms with Gasteiger partial charge in [-0.25, -0.2) is 8.78 Å². The highest BCUT2D eigenvalue weighted by Gasteiger charge is 2.42. The number of aromatic hydroxyl groups is 1. The van der Waals surface area contributed by atoms with Gasteiger partial charge in [-0.3, -0.25) is 24.1 Å². The number of fused-ring (bicyclic) bond motifs is 3. The monoisotopic (exact) mass is 462 g/mol. The molecular weight excluding hydrogens is 438 g/mol. The molecule has 0 saturated carbocycles. The van der Waals surface area contributed by atoms with Crippen LogP contribution in [0.2, 0.25) is 0 Å². The number of piperidine rings is 1. The molecule has 33 heavy (non-hydrogen) atoms. The van der Waals surface area contributed by atoms with Gasteiger partial charge < -0.3 is 20.1 Å². The lowest BCUT2D eigenvalue weighted by Gasteiger charge is -2.50. The van der Waals surface area contributed by atoms with Crippen molar-refractivity contribution >= 4 is 11.8 Å². The van der Waals surface area contributed by atoms with Crippen LogP contribution in [-0.4, -0.2) is 59.0 Å². The number of aromatic nitrogens is 1. The number of ether oxygens (including phenoxy) is 1. The lowest BCUT2D eigenvalue weighted by atomic mass is 10.0. The molecule has 2 atom stereocenters. The minimum atomic E-state index is -1.01. The Hall–Kier alpha value is -3.47. The van der Waals surface area contributed by atoms with Crippen LogP contribution in [0.15, 0.2) is 29.2 Å². The van der Waals surface area contributed by atoms with E-state index in [9.17, 15) is 28.3 Å². The van der Waals surface area contributed by atoms with E-state index in [2.05, 4.69) is 5.32 Å². The van der Waals surface area contributed by atoms with E-state index < -0.39 is 40.2 Å². The van der Waals surface area contributed by atoms with Crippen LogP contribution in [0.1, 0.15) is 46.2 Å². The molecule has 0 bridgehead atoms. The second-order valence-electron chi connectivity index (χ2n) is 7.96. The number of carbonyl (C=O) groups is 2. The standard InChI is InChI=1S/C22H24F2N4O5/c1-3-26-17-7-6-14(33-2)10-27(17)28-11-15(19(29)20(30)18(28)22(26)32)21(31)25-9-12-4-5-13(23)8-16(12)24/h4-5,8,11,14,17,30H,3,6-7,9-10H2,1-2H3,(H,25,31)/t14-,17-/m0/s1. The molecule has 2 aromatic rings. The molecular formula is C22H24F2N4O5. The molecule has 1 saturated heterocycles. The summed E-state index contributed by atoms with van der Waals surface area (Å²) in [5, 5.41) is 14.8. The third-order valence-electron chi connectivity index (χ3n) is 6.12. The van der Waals surface area contributed by atoms with E-state index in [0.717, 1.165) is 12.5 Å². The van der Waals surface area contributed by atoms with Crippen molar-refractivity contribution in [3.05, 3.63) is 63.1 Å². The zero-order chi connectivity index (χ0) is 23.9. The quantitative estimate of drug-likeness (QED) is 0.695. The summed E-state index contributed by atoms with van der Waals surface area (Å²) in [7, 11) is 1.58. The van der Waals surface area contributed by atoms with E-state index in [-0.39, 0.29) is 30.1 Å². The number of amides is 2. The van der Waals surface area contributed by atoms with E-state index >= 15 is 0 Å². The third kappa shape index (κ3) is 3.92. The fourth-order valence-electron chi connectivity index (χ4n) is 4.36. The van der Waals surface area contributed by atoms with Gasteiger partial charge in [-0.1, -0.05) is 6.07 Å². The Morgan fingerprint density at radius 1 is 1.27 bits per heavy atom. The molecule has 2 aliphatic rings. The molecule has 1 aromatic heterocycles. The van der Waals surface area contributed by atoms with E-state index in [4.69, 9.17) is 4.74 Å². The summed E-state index contributed by atoms with van der Waals surface area (Å²) in [6.07, 6.45) is 2.08. The Balaban J connectivity index is 1.70. The first-order chi connectivity index (χ1) is 15.8. The summed E-state index contributed by atoms with van der Waals surface area (Å²) >= 11 is 0. The van der Waals surface area contributed by atoms with Gasteiger partial charge in [0.2, 0.25) is 5.43 Å². The molecule has 1 fully saturated rings. The molecule has 2 amide bonds. The van der Waals surface area contributed by atoms with Crippen molar-refractivity contribution in [2.75, 3.05) is 25.2 Å². The average molecular weight is 462 g/mol. The first-order valence-electron chi connectivity index (χ1n) is 10.6. The van der Waals surface area contributed by atoms with Gasteiger partial charge in [0.15, 0.2) is 11.4 Å². The number of hydrogen-bond donors (Lipinski definition) is 2. The molecule has 2 N–H and O–H groups in total. The maximum Gasteiger partial charge on any atom is 0.278 e. The van der Waals surface area contributed by atoms with Crippen LogP contribution in [0.3, 0.4) is 0 Å². The predicted octanol–water partition coefficient (Wildman–Crippen LogP) is 1.31. The van der Waals surface area contributed by atoms with Crippen molar-refractivity contribution in [1.29, 1.82) is 0 Å². The Bertz CT molecular complexity index is 1170. The fourth-order valence-corrected chi connectivity index (χ4v) is 4.36. The van der Waals surface area contributed by atoms with Gasteiger partial charge in [-0.05, 0) is 25.8 Å². The molecule has 2 aliphatic heterocycles. The number of rotatable bonds is 5. The lowest BCUT2D eigenvalue weighted by molar-refractivity contribution is 0.0256. The minimum absolute atomic E-state index is 0.0276. The highest BCUT2D eigenvalue weighted by molar-refractivity contribution is 5.99. The molecule has 0 aliphatic carbocycles. The molecule has 176 valence electrons. The number of nitrogens with one attached hydrogen (secondary N) is 1. The summed E-state index contributed by atoms with van der Waals surface area (Å²) < 4.78 is 33.8. The van der Waals surface area contributed by atoms with Crippen molar-refractivity contribution in [3.8, 4) is 5.75 Å². The Kier molecular flexibility index (Phi) is 6.07. The zero-order valence-electron chi connectivity index (χ0n) is 18.2. The minimum Gasteiger partial charge on any atom is -0.502 e. The van der Waals surface area contributed by atoms with Crippen LogP contribution in [0, 0.1) is 11.6 Å². The van der Waals surface area contributed by atoms with Crippen LogP contribution >= 0.6 is 0 Å².